The molecule has 0 bridgehead atoms. The zero-order chi connectivity index (χ0) is 25.8. The van der Waals surface area contributed by atoms with Crippen molar-refractivity contribution in [3.8, 4) is 11.5 Å². The summed E-state index contributed by atoms with van der Waals surface area (Å²) in [7, 11) is 0. The summed E-state index contributed by atoms with van der Waals surface area (Å²) in [6.45, 7) is 1.82. The summed E-state index contributed by atoms with van der Waals surface area (Å²) >= 11 is 6.21. The van der Waals surface area contributed by atoms with E-state index in [0.717, 1.165) is 12.0 Å². The first kappa shape index (κ1) is 24.3. The fraction of sp³-hybridized carbons (Fsp3) is 0.138. The van der Waals surface area contributed by atoms with Crippen molar-refractivity contribution in [1.29, 1.82) is 0 Å². The maximum Gasteiger partial charge on any atom is 0.291 e. The van der Waals surface area contributed by atoms with Crippen LogP contribution in [-0.4, -0.2) is 17.5 Å². The number of nitrogens with one attached hydrogen (secondary N) is 2. The molecule has 1 aromatic heterocycles. The Labute approximate surface area is 219 Å². The minimum absolute atomic E-state index is 0.180. The Hall–Kier alpha value is -4.36. The van der Waals surface area contributed by atoms with Crippen molar-refractivity contribution in [2.45, 2.75) is 26.2 Å². The average molecular weight is 514 g/mol. The van der Waals surface area contributed by atoms with Crippen LogP contribution in [0.5, 0.6) is 11.5 Å². The molecular formula is C29H24ClN3O4. The number of furan rings is 1. The molecule has 0 radical (unpaired) electrons. The maximum absolute atomic E-state index is 13.3. The number of halogens is 1. The minimum Gasteiger partial charge on any atom is -0.455 e. The van der Waals surface area contributed by atoms with Crippen LogP contribution in [-0.2, 0) is 6.42 Å². The number of aryl methyl sites for hydroxylation is 1. The molecule has 0 spiro atoms. The number of hydrogen-bond donors (Lipinski definition) is 2. The number of rotatable bonds is 6. The van der Waals surface area contributed by atoms with Gasteiger partial charge in [-0.2, -0.15) is 5.10 Å². The lowest BCUT2D eigenvalue weighted by Crippen LogP contribution is -2.22. The van der Waals surface area contributed by atoms with Crippen LogP contribution < -0.4 is 15.5 Å². The van der Waals surface area contributed by atoms with Crippen LogP contribution in [0.2, 0.25) is 5.02 Å². The van der Waals surface area contributed by atoms with Crippen LogP contribution in [0.3, 0.4) is 0 Å². The van der Waals surface area contributed by atoms with Gasteiger partial charge in [-0.05, 0) is 62.2 Å². The van der Waals surface area contributed by atoms with Crippen molar-refractivity contribution in [1.82, 2.24) is 5.43 Å². The number of carbonyl (C=O) groups is 2. The molecule has 2 N–H and O–H groups in total. The highest BCUT2D eigenvalue weighted by molar-refractivity contribution is 6.31. The van der Waals surface area contributed by atoms with Gasteiger partial charge in [-0.25, -0.2) is 5.43 Å². The molecule has 0 atom stereocenters. The smallest absolute Gasteiger partial charge is 0.291 e. The third-order valence-electron chi connectivity index (χ3n) is 6.02. The van der Waals surface area contributed by atoms with Crippen LogP contribution >= 0.6 is 11.6 Å². The zero-order valence-electron chi connectivity index (χ0n) is 20.1. The Morgan fingerprint density at radius 2 is 1.68 bits per heavy atom. The summed E-state index contributed by atoms with van der Waals surface area (Å²) in [5.41, 5.74) is 5.66. The van der Waals surface area contributed by atoms with Gasteiger partial charge >= 0.3 is 0 Å². The second-order valence-corrected chi connectivity index (χ2v) is 9.02. The lowest BCUT2D eigenvalue weighted by atomic mass is 9.93. The molecule has 0 aliphatic heterocycles. The Balaban J connectivity index is 1.39. The number of hydrazone groups is 1. The predicted octanol–water partition coefficient (Wildman–Crippen LogP) is 6.76. The maximum atomic E-state index is 13.3. The van der Waals surface area contributed by atoms with E-state index in [1.54, 1.807) is 42.5 Å². The molecule has 5 rings (SSSR count). The second kappa shape index (κ2) is 10.7. The summed E-state index contributed by atoms with van der Waals surface area (Å²) in [5.74, 6) is 1.20. The lowest BCUT2D eigenvalue weighted by Gasteiger charge is -2.13. The lowest BCUT2D eigenvalue weighted by molar-refractivity contribution is 0.0953. The molecule has 1 aliphatic rings. The summed E-state index contributed by atoms with van der Waals surface area (Å²) < 4.78 is 12.0. The molecular weight excluding hydrogens is 490 g/mol. The van der Waals surface area contributed by atoms with Crippen molar-refractivity contribution < 1.29 is 18.7 Å². The molecule has 0 saturated carbocycles. The Bertz CT molecular complexity index is 1480. The first-order valence-corrected chi connectivity index (χ1v) is 12.3. The van der Waals surface area contributed by atoms with E-state index < -0.39 is 5.91 Å². The molecule has 37 heavy (non-hydrogen) atoms. The van der Waals surface area contributed by atoms with Gasteiger partial charge < -0.3 is 14.5 Å². The Morgan fingerprint density at radius 1 is 0.946 bits per heavy atom. The van der Waals surface area contributed by atoms with E-state index in [0.29, 0.717) is 57.6 Å². The summed E-state index contributed by atoms with van der Waals surface area (Å²) in [6, 6.07) is 23.2. The highest BCUT2D eigenvalue weighted by atomic mass is 35.5. The van der Waals surface area contributed by atoms with Gasteiger partial charge in [-0.3, -0.25) is 9.59 Å². The molecule has 7 nitrogen and oxygen atoms in total. The van der Waals surface area contributed by atoms with Gasteiger partial charge in [0.05, 0.1) is 11.4 Å². The number of fused-ring (bicyclic) bond motifs is 1. The van der Waals surface area contributed by atoms with Gasteiger partial charge in [0.2, 0.25) is 0 Å². The monoisotopic (exact) mass is 513 g/mol. The van der Waals surface area contributed by atoms with Gasteiger partial charge in [-0.15, -0.1) is 0 Å². The summed E-state index contributed by atoms with van der Waals surface area (Å²) in [4.78, 5) is 25.8. The minimum atomic E-state index is -0.431. The van der Waals surface area contributed by atoms with E-state index in [4.69, 9.17) is 20.8 Å². The van der Waals surface area contributed by atoms with E-state index in [1.807, 2.05) is 43.3 Å². The molecule has 1 aliphatic carbocycles. The molecule has 2 amide bonds. The van der Waals surface area contributed by atoms with E-state index in [2.05, 4.69) is 15.8 Å². The zero-order valence-corrected chi connectivity index (χ0v) is 20.8. The average Bonchev–Trinajstić information content (AvgIpc) is 3.27. The van der Waals surface area contributed by atoms with Gasteiger partial charge in [0.15, 0.2) is 11.5 Å². The molecule has 0 fully saturated rings. The fourth-order valence-corrected chi connectivity index (χ4v) is 4.42. The van der Waals surface area contributed by atoms with Crippen LogP contribution in [0.15, 0.2) is 88.4 Å². The van der Waals surface area contributed by atoms with Crippen molar-refractivity contribution in [3.05, 3.63) is 112 Å². The van der Waals surface area contributed by atoms with E-state index in [-0.39, 0.29) is 11.7 Å². The number of para-hydroxylation sites is 1. The van der Waals surface area contributed by atoms with Gasteiger partial charge in [0.25, 0.3) is 11.8 Å². The number of carbonyl (C=O) groups excluding carboxylic acids is 2. The number of ether oxygens (including phenoxy) is 1. The highest BCUT2D eigenvalue weighted by Crippen LogP contribution is 2.34. The SMILES string of the molecule is Cc1c(C(=O)Nc2cc(Cl)ccc2Oc2ccccc2)oc2c1/C(=N/NC(=O)c1ccccc1)CCC2. The third kappa shape index (κ3) is 5.42. The summed E-state index contributed by atoms with van der Waals surface area (Å²) in [5, 5.41) is 7.71. The number of anilines is 1. The molecule has 1 heterocycles. The molecule has 0 unspecified atom stereocenters. The van der Waals surface area contributed by atoms with E-state index in [1.165, 1.54) is 0 Å². The summed E-state index contributed by atoms with van der Waals surface area (Å²) in [6.07, 6.45) is 2.13. The Morgan fingerprint density at radius 3 is 2.43 bits per heavy atom. The molecule has 8 heteroatoms. The predicted molar refractivity (Wildman–Crippen MR) is 143 cm³/mol. The van der Waals surface area contributed by atoms with E-state index in [9.17, 15) is 9.59 Å². The van der Waals surface area contributed by atoms with Crippen molar-refractivity contribution >= 4 is 34.8 Å². The van der Waals surface area contributed by atoms with Crippen LogP contribution in [0.1, 0.15) is 50.6 Å². The molecule has 4 aromatic rings. The molecule has 0 saturated heterocycles. The van der Waals surface area contributed by atoms with Crippen molar-refractivity contribution in [3.63, 3.8) is 0 Å². The first-order valence-electron chi connectivity index (χ1n) is 11.9. The topological polar surface area (TPSA) is 92.9 Å². The number of amides is 2. The largest absolute Gasteiger partial charge is 0.455 e. The fourth-order valence-electron chi connectivity index (χ4n) is 4.25. The number of hydrogen-bond acceptors (Lipinski definition) is 5. The standard InChI is InChI=1S/C29H24ClN3O4/c1-18-26-22(32-33-28(34)19-9-4-2-5-10-19)13-8-14-25(26)37-27(18)29(35)31-23-17-20(30)15-16-24(23)36-21-11-6-3-7-12-21/h2-7,9-12,15-17H,8,13-14H2,1H3,(H,31,35)(H,33,34)/b32-22+. The molecule has 3 aromatic carbocycles. The van der Waals surface area contributed by atoms with Gasteiger partial charge in [-0.1, -0.05) is 48.0 Å². The van der Waals surface area contributed by atoms with Crippen LogP contribution in [0.25, 0.3) is 0 Å². The van der Waals surface area contributed by atoms with Crippen molar-refractivity contribution in [2.75, 3.05) is 5.32 Å². The number of nitrogens with zero attached hydrogens (tertiary/aromatic N) is 1. The second-order valence-electron chi connectivity index (χ2n) is 8.58. The van der Waals surface area contributed by atoms with Crippen molar-refractivity contribution in [2.24, 2.45) is 5.10 Å². The van der Waals surface area contributed by atoms with Crippen LogP contribution in [0.4, 0.5) is 5.69 Å². The quantitative estimate of drug-likeness (QED) is 0.279. The highest BCUT2D eigenvalue weighted by Gasteiger charge is 2.28. The molecule has 186 valence electrons. The van der Waals surface area contributed by atoms with E-state index >= 15 is 0 Å². The Kier molecular flexibility index (Phi) is 7.05. The first-order chi connectivity index (χ1) is 18.0. The normalized spacial score (nSPS) is 13.6. The van der Waals surface area contributed by atoms with Gasteiger partial charge in [0.1, 0.15) is 11.5 Å². The third-order valence-corrected chi connectivity index (χ3v) is 6.26. The van der Waals surface area contributed by atoms with Crippen LogP contribution in [0, 0.1) is 6.92 Å². The number of benzene rings is 3. The van der Waals surface area contributed by atoms with Gasteiger partial charge in [0, 0.05) is 28.1 Å².